The van der Waals surface area contributed by atoms with Gasteiger partial charge in [0.25, 0.3) is 0 Å². The van der Waals surface area contributed by atoms with Crippen LogP contribution < -0.4 is 0 Å². The van der Waals surface area contributed by atoms with Crippen LogP contribution in [0.15, 0.2) is 24.3 Å². The summed E-state index contributed by atoms with van der Waals surface area (Å²) in [5.74, 6) is -1.97. The lowest BCUT2D eigenvalue weighted by molar-refractivity contribution is -0.0691. The molecule has 1 atom stereocenters. The highest BCUT2D eigenvalue weighted by atomic mass is 19.3. The minimum absolute atomic E-state index is 0.0460. The third kappa shape index (κ3) is 4.71. The predicted octanol–water partition coefficient (Wildman–Crippen LogP) is 5.85. The molecule has 0 N–H and O–H groups in total. The minimum atomic E-state index is -2.45. The lowest BCUT2D eigenvalue weighted by atomic mass is 9.86. The van der Waals surface area contributed by atoms with Gasteiger partial charge in [0.1, 0.15) is 0 Å². The fraction of sp³-hybridized carbons (Fsp3) is 0.739. The summed E-state index contributed by atoms with van der Waals surface area (Å²) in [6.07, 6.45) is 1.34. The van der Waals surface area contributed by atoms with Crippen LogP contribution >= 0.6 is 0 Å². The summed E-state index contributed by atoms with van der Waals surface area (Å²) in [6, 6.07) is 9.42. The lowest BCUT2D eigenvalue weighted by Gasteiger charge is -2.51. The number of hydrogen-bond acceptors (Lipinski definition) is 2. The maximum Gasteiger partial charge on any atom is 0.248 e. The number of piperazine rings is 1. The number of halogens is 2. The first-order valence-corrected chi connectivity index (χ1v) is 10.6. The molecule has 1 aromatic rings. The zero-order valence-electron chi connectivity index (χ0n) is 17.6. The normalized spacial score (nSPS) is 25.9. The number of hydrogen-bond donors (Lipinski definition) is 0. The van der Waals surface area contributed by atoms with Crippen molar-refractivity contribution < 1.29 is 8.78 Å². The highest BCUT2D eigenvalue weighted by Crippen LogP contribution is 2.39. The zero-order valence-corrected chi connectivity index (χ0v) is 17.6. The van der Waals surface area contributed by atoms with Gasteiger partial charge in [-0.05, 0) is 50.7 Å². The molecular formula is C23H36F2N2. The summed E-state index contributed by atoms with van der Waals surface area (Å²) in [4.78, 5) is 5.11. The van der Waals surface area contributed by atoms with Crippen LogP contribution in [0.25, 0.3) is 0 Å². The first-order chi connectivity index (χ1) is 12.6. The standard InChI is InChI=1S/C23H36F2N2/c1-17(2)19-8-6-7-9-20(19)21-16-26(14-15-27(21)22(3,4)5)18-10-12-23(24,25)13-11-18/h6-9,17-18,21H,10-16H2,1-5H3. The van der Waals surface area contributed by atoms with E-state index in [0.29, 0.717) is 30.8 Å². The third-order valence-corrected chi connectivity index (χ3v) is 6.45. The SMILES string of the molecule is CC(C)c1ccccc1C1CN(C2CCC(F)(F)CC2)CCN1C(C)(C)C. The van der Waals surface area contributed by atoms with Crippen molar-refractivity contribution in [2.45, 2.75) is 89.8 Å². The lowest BCUT2D eigenvalue weighted by Crippen LogP contribution is -2.57. The molecule has 1 aromatic carbocycles. The first kappa shape index (κ1) is 20.7. The van der Waals surface area contributed by atoms with Crippen molar-refractivity contribution in [3.63, 3.8) is 0 Å². The van der Waals surface area contributed by atoms with Crippen molar-refractivity contribution in [2.75, 3.05) is 19.6 Å². The molecule has 1 saturated heterocycles. The summed E-state index contributed by atoms with van der Waals surface area (Å²) in [7, 11) is 0. The van der Waals surface area contributed by atoms with Gasteiger partial charge in [0.05, 0.1) is 0 Å². The van der Waals surface area contributed by atoms with E-state index in [1.165, 1.54) is 11.1 Å². The smallest absolute Gasteiger partial charge is 0.248 e. The summed E-state index contributed by atoms with van der Waals surface area (Å²) < 4.78 is 27.2. The number of nitrogens with zero attached hydrogens (tertiary/aromatic N) is 2. The van der Waals surface area contributed by atoms with Gasteiger partial charge in [-0.15, -0.1) is 0 Å². The van der Waals surface area contributed by atoms with Crippen LogP contribution in [0.2, 0.25) is 0 Å². The van der Waals surface area contributed by atoms with Crippen molar-refractivity contribution in [3.05, 3.63) is 35.4 Å². The second kappa shape index (κ2) is 7.79. The Hall–Kier alpha value is -1.00. The third-order valence-electron chi connectivity index (χ3n) is 6.45. The van der Waals surface area contributed by atoms with E-state index in [1.807, 2.05) is 0 Å². The Morgan fingerprint density at radius 2 is 1.67 bits per heavy atom. The average molecular weight is 379 g/mol. The minimum Gasteiger partial charge on any atom is -0.297 e. The first-order valence-electron chi connectivity index (χ1n) is 10.6. The van der Waals surface area contributed by atoms with Crippen LogP contribution in [0.5, 0.6) is 0 Å². The highest BCUT2D eigenvalue weighted by molar-refractivity contribution is 5.33. The molecule has 0 aromatic heterocycles. The Bertz CT molecular complexity index is 626. The Morgan fingerprint density at radius 1 is 1.04 bits per heavy atom. The molecule has 1 saturated carbocycles. The molecule has 2 aliphatic rings. The molecule has 152 valence electrons. The molecule has 0 spiro atoms. The van der Waals surface area contributed by atoms with Gasteiger partial charge in [-0.3, -0.25) is 9.80 Å². The maximum absolute atomic E-state index is 13.6. The quantitative estimate of drug-likeness (QED) is 0.651. The van der Waals surface area contributed by atoms with Gasteiger partial charge < -0.3 is 0 Å². The van der Waals surface area contributed by atoms with E-state index < -0.39 is 5.92 Å². The molecule has 1 aliphatic carbocycles. The van der Waals surface area contributed by atoms with Crippen LogP contribution in [-0.2, 0) is 0 Å². The van der Waals surface area contributed by atoms with E-state index in [0.717, 1.165) is 19.6 Å². The van der Waals surface area contributed by atoms with Gasteiger partial charge in [0, 0.05) is 50.1 Å². The summed E-state index contributed by atoms with van der Waals surface area (Å²) >= 11 is 0. The largest absolute Gasteiger partial charge is 0.297 e. The van der Waals surface area contributed by atoms with Crippen molar-refractivity contribution in [2.24, 2.45) is 0 Å². The van der Waals surface area contributed by atoms with Gasteiger partial charge in [-0.1, -0.05) is 38.1 Å². The number of alkyl halides is 2. The second-order valence-electron chi connectivity index (χ2n) is 9.75. The number of rotatable bonds is 3. The molecule has 0 bridgehead atoms. The number of benzene rings is 1. The molecule has 4 heteroatoms. The Morgan fingerprint density at radius 3 is 2.26 bits per heavy atom. The molecule has 2 nitrogen and oxygen atoms in total. The molecule has 1 aliphatic heterocycles. The Balaban J connectivity index is 1.86. The molecule has 27 heavy (non-hydrogen) atoms. The molecule has 3 rings (SSSR count). The molecule has 2 fully saturated rings. The van der Waals surface area contributed by atoms with Crippen molar-refractivity contribution >= 4 is 0 Å². The van der Waals surface area contributed by atoms with Crippen LogP contribution in [0, 0.1) is 0 Å². The van der Waals surface area contributed by atoms with Crippen molar-refractivity contribution in [3.8, 4) is 0 Å². The van der Waals surface area contributed by atoms with E-state index in [2.05, 4.69) is 68.7 Å². The molecular weight excluding hydrogens is 342 g/mol. The summed E-state index contributed by atoms with van der Waals surface area (Å²) in [5.41, 5.74) is 2.91. The Kier molecular flexibility index (Phi) is 5.98. The molecule has 0 radical (unpaired) electrons. The fourth-order valence-electron chi connectivity index (χ4n) is 4.93. The van der Waals surface area contributed by atoms with Gasteiger partial charge >= 0.3 is 0 Å². The van der Waals surface area contributed by atoms with Gasteiger partial charge in [0.2, 0.25) is 5.92 Å². The maximum atomic E-state index is 13.6. The van der Waals surface area contributed by atoms with E-state index in [-0.39, 0.29) is 18.4 Å². The Labute approximate surface area is 163 Å². The van der Waals surface area contributed by atoms with Crippen LogP contribution in [-0.4, -0.2) is 46.9 Å². The monoisotopic (exact) mass is 378 g/mol. The van der Waals surface area contributed by atoms with Gasteiger partial charge in [-0.2, -0.15) is 0 Å². The van der Waals surface area contributed by atoms with E-state index in [4.69, 9.17) is 0 Å². The molecule has 1 unspecified atom stereocenters. The van der Waals surface area contributed by atoms with Crippen molar-refractivity contribution in [1.29, 1.82) is 0 Å². The highest BCUT2D eigenvalue weighted by Gasteiger charge is 2.41. The summed E-state index contributed by atoms with van der Waals surface area (Å²) in [6.45, 7) is 14.3. The van der Waals surface area contributed by atoms with E-state index >= 15 is 0 Å². The van der Waals surface area contributed by atoms with E-state index in [9.17, 15) is 8.78 Å². The predicted molar refractivity (Wildman–Crippen MR) is 109 cm³/mol. The van der Waals surface area contributed by atoms with Crippen LogP contribution in [0.4, 0.5) is 8.78 Å². The molecule has 1 heterocycles. The van der Waals surface area contributed by atoms with Gasteiger partial charge in [-0.25, -0.2) is 8.78 Å². The van der Waals surface area contributed by atoms with Crippen LogP contribution in [0.3, 0.4) is 0 Å². The van der Waals surface area contributed by atoms with Crippen LogP contribution in [0.1, 0.15) is 83.4 Å². The van der Waals surface area contributed by atoms with Crippen molar-refractivity contribution in [1.82, 2.24) is 9.80 Å². The molecule has 0 amide bonds. The average Bonchev–Trinajstić information content (AvgIpc) is 2.60. The van der Waals surface area contributed by atoms with E-state index in [1.54, 1.807) is 0 Å². The summed E-state index contributed by atoms with van der Waals surface area (Å²) in [5, 5.41) is 0. The zero-order chi connectivity index (χ0) is 19.8. The van der Waals surface area contributed by atoms with Gasteiger partial charge in [0.15, 0.2) is 0 Å². The fourth-order valence-corrected chi connectivity index (χ4v) is 4.93. The second-order valence-corrected chi connectivity index (χ2v) is 9.75. The topological polar surface area (TPSA) is 6.48 Å².